The molecule has 0 aliphatic carbocycles. The number of nitrogens with one attached hydrogen (secondary N) is 2. The minimum Gasteiger partial charge on any atom is -0.459 e. The van der Waals surface area contributed by atoms with Crippen LogP contribution in [0.15, 0.2) is 53.4 Å². The van der Waals surface area contributed by atoms with E-state index < -0.39 is 27.6 Å². The largest absolute Gasteiger partial charge is 0.459 e. The maximum atomic E-state index is 12.8. The molecule has 8 heteroatoms. The summed E-state index contributed by atoms with van der Waals surface area (Å²) in [5.74, 6) is -1.23. The fourth-order valence-corrected chi connectivity index (χ4v) is 4.02. The van der Waals surface area contributed by atoms with Crippen LogP contribution in [0.4, 0.5) is 5.69 Å². The number of ether oxygens (including phenoxy) is 1. The number of anilines is 1. The molecule has 0 saturated carbocycles. The molecular weight excluding hydrogens is 416 g/mol. The first-order valence-corrected chi connectivity index (χ1v) is 11.5. The molecule has 1 amide bonds. The lowest BCUT2D eigenvalue weighted by atomic mass is 10.1. The van der Waals surface area contributed by atoms with Gasteiger partial charge in [0.05, 0.1) is 4.90 Å². The van der Waals surface area contributed by atoms with Gasteiger partial charge in [0.25, 0.3) is 5.91 Å². The lowest BCUT2D eigenvalue weighted by molar-refractivity contribution is -0.158. The number of benzene rings is 2. The van der Waals surface area contributed by atoms with Gasteiger partial charge in [-0.1, -0.05) is 31.5 Å². The Morgan fingerprint density at radius 1 is 0.935 bits per heavy atom. The van der Waals surface area contributed by atoms with E-state index in [-0.39, 0.29) is 16.7 Å². The molecule has 2 aromatic carbocycles. The number of rotatable bonds is 7. The van der Waals surface area contributed by atoms with Gasteiger partial charge in [-0.25, -0.2) is 8.42 Å². The van der Waals surface area contributed by atoms with Crippen LogP contribution in [-0.4, -0.2) is 31.9 Å². The Bertz CT molecular complexity index is 1020. The molecule has 0 aliphatic rings. The van der Waals surface area contributed by atoms with E-state index in [1.807, 2.05) is 19.1 Å². The van der Waals surface area contributed by atoms with Crippen LogP contribution in [-0.2, 0) is 19.6 Å². The zero-order valence-corrected chi connectivity index (χ0v) is 19.5. The van der Waals surface area contributed by atoms with E-state index in [1.54, 1.807) is 46.8 Å². The number of esters is 1. The molecule has 2 aromatic rings. The molecule has 0 radical (unpaired) electrons. The van der Waals surface area contributed by atoms with Crippen LogP contribution in [0.5, 0.6) is 0 Å². The third kappa shape index (κ3) is 7.18. The molecule has 168 valence electrons. The number of hydrogen-bond donors (Lipinski definition) is 2. The van der Waals surface area contributed by atoms with Gasteiger partial charge in [-0.15, -0.1) is 0 Å². The van der Waals surface area contributed by atoms with Gasteiger partial charge in [-0.3, -0.25) is 9.59 Å². The molecule has 0 aliphatic heterocycles. The topological polar surface area (TPSA) is 102 Å². The lowest BCUT2D eigenvalue weighted by Gasteiger charge is -2.26. The summed E-state index contributed by atoms with van der Waals surface area (Å²) >= 11 is 0. The van der Waals surface area contributed by atoms with Gasteiger partial charge >= 0.3 is 5.97 Å². The summed E-state index contributed by atoms with van der Waals surface area (Å²) < 4.78 is 33.4. The fourth-order valence-electron chi connectivity index (χ4n) is 2.68. The van der Waals surface area contributed by atoms with Gasteiger partial charge < -0.3 is 10.1 Å². The van der Waals surface area contributed by atoms with E-state index in [9.17, 15) is 18.0 Å². The van der Waals surface area contributed by atoms with Crippen LogP contribution < -0.4 is 10.0 Å². The summed E-state index contributed by atoms with van der Waals surface area (Å²) in [6, 6.07) is 11.8. The van der Waals surface area contributed by atoms with E-state index in [4.69, 9.17) is 4.74 Å². The Hall–Kier alpha value is -2.71. The molecule has 0 aromatic heterocycles. The molecule has 2 rings (SSSR count). The summed E-state index contributed by atoms with van der Waals surface area (Å²) in [6.45, 7) is 10.6. The van der Waals surface area contributed by atoms with Crippen LogP contribution >= 0.6 is 0 Å². The van der Waals surface area contributed by atoms with Crippen molar-refractivity contribution in [2.24, 2.45) is 5.92 Å². The highest BCUT2D eigenvalue weighted by Gasteiger charge is 2.32. The number of carbonyl (C=O) groups excluding carboxylic acids is 2. The Balaban J connectivity index is 2.13. The number of carbonyl (C=O) groups is 2. The SMILES string of the molecule is Cc1ccc(C(=O)Nc2ccc(S(=O)(=O)N[C@@H](C(=O)OC(C)(C)C)C(C)C)cc2)cc1. The Kier molecular flexibility index (Phi) is 7.62. The summed E-state index contributed by atoms with van der Waals surface area (Å²) in [5.41, 5.74) is 1.27. The third-order valence-electron chi connectivity index (χ3n) is 4.35. The van der Waals surface area contributed by atoms with Gasteiger partial charge in [0.15, 0.2) is 0 Å². The van der Waals surface area contributed by atoms with Crippen LogP contribution in [0.1, 0.15) is 50.5 Å². The first-order chi connectivity index (χ1) is 14.3. The van der Waals surface area contributed by atoms with Gasteiger partial charge in [0.2, 0.25) is 10.0 Å². The minimum absolute atomic E-state index is 0.0185. The second kappa shape index (κ2) is 9.62. The lowest BCUT2D eigenvalue weighted by Crippen LogP contribution is -2.47. The average molecular weight is 447 g/mol. The van der Waals surface area contributed by atoms with Crippen LogP contribution in [0.2, 0.25) is 0 Å². The Morgan fingerprint density at radius 3 is 1.97 bits per heavy atom. The second-order valence-electron chi connectivity index (χ2n) is 8.72. The van der Waals surface area contributed by atoms with Crippen molar-refractivity contribution in [3.05, 3.63) is 59.7 Å². The summed E-state index contributed by atoms with van der Waals surface area (Å²) in [4.78, 5) is 24.7. The Labute approximate surface area is 184 Å². The van der Waals surface area contributed by atoms with Gasteiger partial charge in [0.1, 0.15) is 11.6 Å². The fraction of sp³-hybridized carbons (Fsp3) is 0.391. The smallest absolute Gasteiger partial charge is 0.324 e. The van der Waals surface area contributed by atoms with Crippen molar-refractivity contribution in [2.75, 3.05) is 5.32 Å². The highest BCUT2D eigenvalue weighted by molar-refractivity contribution is 7.89. The quantitative estimate of drug-likeness (QED) is 0.628. The van der Waals surface area contributed by atoms with Crippen molar-refractivity contribution in [1.82, 2.24) is 4.72 Å². The molecular formula is C23H30N2O5S. The van der Waals surface area contributed by atoms with Crippen LogP contribution in [0.25, 0.3) is 0 Å². The first-order valence-electron chi connectivity index (χ1n) is 10.0. The van der Waals surface area contributed by atoms with E-state index in [0.29, 0.717) is 11.3 Å². The maximum absolute atomic E-state index is 12.8. The van der Waals surface area contributed by atoms with Gasteiger partial charge in [-0.2, -0.15) is 4.72 Å². The van der Waals surface area contributed by atoms with Crippen LogP contribution in [0.3, 0.4) is 0 Å². The van der Waals surface area contributed by atoms with Gasteiger partial charge in [0, 0.05) is 11.3 Å². The summed E-state index contributed by atoms with van der Waals surface area (Å²) in [7, 11) is -3.97. The predicted molar refractivity (Wildman–Crippen MR) is 120 cm³/mol. The van der Waals surface area contributed by atoms with Crippen molar-refractivity contribution in [3.63, 3.8) is 0 Å². The molecule has 0 saturated heterocycles. The van der Waals surface area contributed by atoms with Crippen molar-refractivity contribution in [1.29, 1.82) is 0 Å². The van der Waals surface area contributed by atoms with Crippen molar-refractivity contribution in [3.8, 4) is 0 Å². The summed E-state index contributed by atoms with van der Waals surface area (Å²) in [5, 5.41) is 2.73. The first kappa shape index (κ1) is 24.6. The molecule has 1 atom stereocenters. The standard InChI is InChI=1S/C23H30N2O5S/c1-15(2)20(22(27)30-23(4,5)6)25-31(28,29)19-13-11-18(12-14-19)24-21(26)17-9-7-16(3)8-10-17/h7-15,20,25H,1-6H3,(H,24,26)/t20-/m1/s1. The van der Waals surface area contributed by atoms with Crippen molar-refractivity contribution < 1.29 is 22.7 Å². The zero-order chi connectivity index (χ0) is 23.4. The number of sulfonamides is 1. The molecule has 31 heavy (non-hydrogen) atoms. The Morgan fingerprint density at radius 2 is 1.48 bits per heavy atom. The highest BCUT2D eigenvalue weighted by Crippen LogP contribution is 2.18. The molecule has 7 nitrogen and oxygen atoms in total. The van der Waals surface area contributed by atoms with E-state index >= 15 is 0 Å². The summed E-state index contributed by atoms with van der Waals surface area (Å²) in [6.07, 6.45) is 0. The van der Waals surface area contributed by atoms with Crippen molar-refractivity contribution in [2.45, 2.75) is 58.1 Å². The van der Waals surface area contributed by atoms with Crippen molar-refractivity contribution >= 4 is 27.6 Å². The zero-order valence-electron chi connectivity index (χ0n) is 18.7. The van der Waals surface area contributed by atoms with E-state index in [2.05, 4.69) is 10.0 Å². The molecule has 0 unspecified atom stereocenters. The predicted octanol–water partition coefficient (Wildman–Crippen LogP) is 3.89. The maximum Gasteiger partial charge on any atom is 0.324 e. The normalized spacial score (nSPS) is 13.0. The number of aryl methyl sites for hydroxylation is 1. The third-order valence-corrected chi connectivity index (χ3v) is 5.80. The average Bonchev–Trinajstić information content (AvgIpc) is 2.65. The molecule has 2 N–H and O–H groups in total. The highest BCUT2D eigenvalue weighted by atomic mass is 32.2. The van der Waals surface area contributed by atoms with E-state index in [0.717, 1.165) is 5.56 Å². The number of amides is 1. The number of hydrogen-bond acceptors (Lipinski definition) is 5. The van der Waals surface area contributed by atoms with Gasteiger partial charge in [-0.05, 0) is 70.0 Å². The minimum atomic E-state index is -3.97. The monoisotopic (exact) mass is 446 g/mol. The van der Waals surface area contributed by atoms with E-state index in [1.165, 1.54) is 24.3 Å². The van der Waals surface area contributed by atoms with Crippen LogP contribution in [0, 0.1) is 12.8 Å². The molecule has 0 heterocycles. The second-order valence-corrected chi connectivity index (χ2v) is 10.4. The molecule has 0 bridgehead atoms. The molecule has 0 fully saturated rings. The molecule has 0 spiro atoms.